The number of hydrogen-bond acceptors (Lipinski definition) is 3. The van der Waals surface area contributed by atoms with Gasteiger partial charge in [-0.2, -0.15) is 0 Å². The van der Waals surface area contributed by atoms with E-state index in [1.807, 2.05) is 13.8 Å². The number of hydrogen-bond donors (Lipinski definition) is 0. The van der Waals surface area contributed by atoms with E-state index in [2.05, 4.69) is 32.6 Å². The highest BCUT2D eigenvalue weighted by Gasteiger charge is 2.21. The second kappa shape index (κ2) is 14.7. The second-order valence-corrected chi connectivity index (χ2v) is 7.95. The normalized spacial score (nSPS) is 13.0. The van der Waals surface area contributed by atoms with Gasteiger partial charge in [-0.15, -0.1) is 0 Å². The first-order valence-electron chi connectivity index (χ1n) is 10.3. The number of carbonyl (C=O) groups excluding carboxylic acids is 1. The van der Waals surface area contributed by atoms with Gasteiger partial charge in [0.15, 0.2) is 0 Å². The fraction of sp³-hybridized carbons (Fsp3) is 0.952. The number of nitrogens with zero attached hydrogens (tertiary/aromatic N) is 1. The summed E-state index contributed by atoms with van der Waals surface area (Å²) >= 11 is 0. The Hall–Kier alpha value is -0.570. The Kier molecular flexibility index (Phi) is 14.4. The maximum Gasteiger partial charge on any atom is 0.323 e. The summed E-state index contributed by atoms with van der Waals surface area (Å²) in [5.74, 6) is 1.52. The molecule has 0 aliphatic heterocycles. The van der Waals surface area contributed by atoms with Crippen molar-refractivity contribution in [2.45, 2.75) is 99.0 Å². The smallest absolute Gasteiger partial charge is 0.323 e. The van der Waals surface area contributed by atoms with Crippen molar-refractivity contribution in [3.05, 3.63) is 0 Å². The molecule has 0 fully saturated rings. The quantitative estimate of drug-likeness (QED) is 0.284. The van der Waals surface area contributed by atoms with Gasteiger partial charge in [-0.05, 0) is 51.6 Å². The Labute approximate surface area is 151 Å². The molecule has 1 unspecified atom stereocenters. The van der Waals surface area contributed by atoms with Crippen LogP contribution in [0.3, 0.4) is 0 Å². The van der Waals surface area contributed by atoms with Gasteiger partial charge in [0.1, 0.15) is 6.04 Å². The van der Waals surface area contributed by atoms with Crippen LogP contribution in [0.2, 0.25) is 0 Å². The van der Waals surface area contributed by atoms with Gasteiger partial charge in [0.2, 0.25) is 0 Å². The van der Waals surface area contributed by atoms with Crippen molar-refractivity contribution in [2.75, 3.05) is 19.7 Å². The minimum Gasteiger partial charge on any atom is -0.465 e. The van der Waals surface area contributed by atoms with Crippen molar-refractivity contribution in [3.8, 4) is 0 Å². The van der Waals surface area contributed by atoms with Gasteiger partial charge >= 0.3 is 5.97 Å². The van der Waals surface area contributed by atoms with Gasteiger partial charge in [-0.3, -0.25) is 9.69 Å². The van der Waals surface area contributed by atoms with E-state index in [1.54, 1.807) is 0 Å². The molecule has 144 valence electrons. The first kappa shape index (κ1) is 23.4. The predicted octanol–water partition coefficient (Wildman–Crippen LogP) is 5.67. The van der Waals surface area contributed by atoms with Crippen LogP contribution < -0.4 is 0 Å². The van der Waals surface area contributed by atoms with Gasteiger partial charge in [0.25, 0.3) is 0 Å². The van der Waals surface area contributed by atoms with E-state index in [0.717, 1.165) is 24.9 Å². The lowest BCUT2D eigenvalue weighted by Crippen LogP contribution is -2.41. The van der Waals surface area contributed by atoms with Gasteiger partial charge < -0.3 is 4.74 Å². The van der Waals surface area contributed by atoms with Crippen LogP contribution in [0.25, 0.3) is 0 Å². The summed E-state index contributed by atoms with van der Waals surface area (Å²) in [6.45, 7) is 15.5. The highest BCUT2D eigenvalue weighted by atomic mass is 16.5. The average molecular weight is 342 g/mol. The van der Waals surface area contributed by atoms with E-state index in [1.165, 1.54) is 51.4 Å². The molecule has 3 nitrogen and oxygen atoms in total. The molecule has 0 saturated heterocycles. The van der Waals surface area contributed by atoms with E-state index >= 15 is 0 Å². The van der Waals surface area contributed by atoms with E-state index in [9.17, 15) is 4.79 Å². The monoisotopic (exact) mass is 341 g/mol. The van der Waals surface area contributed by atoms with Crippen LogP contribution in [0.15, 0.2) is 0 Å². The molecular weight excluding hydrogens is 298 g/mol. The number of rotatable bonds is 15. The van der Waals surface area contributed by atoms with Crippen molar-refractivity contribution in [1.82, 2.24) is 4.90 Å². The van der Waals surface area contributed by atoms with Crippen LogP contribution in [0.4, 0.5) is 0 Å². The molecule has 0 rings (SSSR count). The highest BCUT2D eigenvalue weighted by molar-refractivity contribution is 5.75. The van der Waals surface area contributed by atoms with Crippen molar-refractivity contribution >= 4 is 5.97 Å². The standard InChI is InChI=1S/C21H43NO2/c1-7-24-21(23)20(6)22(16-12-8-10-14-18(2)3)17-13-9-11-15-19(4)5/h18-20H,7-17H2,1-6H3. The average Bonchev–Trinajstić information content (AvgIpc) is 2.51. The van der Waals surface area contributed by atoms with Crippen LogP contribution >= 0.6 is 0 Å². The Morgan fingerprint density at radius 3 is 1.62 bits per heavy atom. The van der Waals surface area contributed by atoms with Gasteiger partial charge in [0, 0.05) is 0 Å². The summed E-state index contributed by atoms with van der Waals surface area (Å²) in [7, 11) is 0. The highest BCUT2D eigenvalue weighted by Crippen LogP contribution is 2.13. The van der Waals surface area contributed by atoms with Crippen LogP contribution in [0, 0.1) is 11.8 Å². The van der Waals surface area contributed by atoms with Crippen molar-refractivity contribution in [3.63, 3.8) is 0 Å². The fourth-order valence-electron chi connectivity index (χ4n) is 3.00. The molecule has 0 aromatic rings. The minimum absolute atomic E-state index is 0.0677. The topological polar surface area (TPSA) is 29.5 Å². The van der Waals surface area contributed by atoms with Gasteiger partial charge in [0.05, 0.1) is 6.61 Å². The zero-order chi connectivity index (χ0) is 18.4. The lowest BCUT2D eigenvalue weighted by Gasteiger charge is -2.27. The molecule has 0 aromatic heterocycles. The maximum atomic E-state index is 12.1. The minimum atomic E-state index is -0.111. The molecule has 0 saturated carbocycles. The van der Waals surface area contributed by atoms with Crippen LogP contribution in [0.5, 0.6) is 0 Å². The maximum absolute atomic E-state index is 12.1. The molecule has 0 heterocycles. The zero-order valence-corrected chi connectivity index (χ0v) is 17.3. The molecule has 0 aliphatic carbocycles. The number of ether oxygens (including phenoxy) is 1. The van der Waals surface area contributed by atoms with Gasteiger partial charge in [-0.1, -0.05) is 66.2 Å². The largest absolute Gasteiger partial charge is 0.465 e. The third-order valence-electron chi connectivity index (χ3n) is 4.63. The third kappa shape index (κ3) is 12.8. The van der Waals surface area contributed by atoms with E-state index < -0.39 is 0 Å². The Morgan fingerprint density at radius 2 is 1.25 bits per heavy atom. The Morgan fingerprint density at radius 1 is 0.792 bits per heavy atom. The summed E-state index contributed by atoms with van der Waals surface area (Å²) in [6, 6.07) is -0.111. The van der Waals surface area contributed by atoms with Gasteiger partial charge in [-0.25, -0.2) is 0 Å². The molecular formula is C21H43NO2. The first-order chi connectivity index (χ1) is 11.4. The van der Waals surface area contributed by atoms with Crippen LogP contribution in [-0.4, -0.2) is 36.6 Å². The molecule has 0 aliphatic rings. The molecule has 0 amide bonds. The molecule has 0 N–H and O–H groups in total. The molecule has 24 heavy (non-hydrogen) atoms. The second-order valence-electron chi connectivity index (χ2n) is 7.95. The summed E-state index contributed by atoms with van der Waals surface area (Å²) in [5, 5.41) is 0. The number of carbonyl (C=O) groups is 1. The molecule has 0 aromatic carbocycles. The molecule has 0 bridgehead atoms. The van der Waals surface area contributed by atoms with Crippen molar-refractivity contribution < 1.29 is 9.53 Å². The number of unbranched alkanes of at least 4 members (excludes halogenated alkanes) is 4. The molecule has 0 spiro atoms. The van der Waals surface area contributed by atoms with E-state index in [4.69, 9.17) is 4.74 Å². The fourth-order valence-corrected chi connectivity index (χ4v) is 3.00. The summed E-state index contributed by atoms with van der Waals surface area (Å²) in [5.41, 5.74) is 0. The first-order valence-corrected chi connectivity index (χ1v) is 10.3. The van der Waals surface area contributed by atoms with Crippen LogP contribution in [0.1, 0.15) is 92.9 Å². The molecule has 1 atom stereocenters. The molecule has 3 heteroatoms. The van der Waals surface area contributed by atoms with E-state index in [0.29, 0.717) is 6.61 Å². The van der Waals surface area contributed by atoms with E-state index in [-0.39, 0.29) is 12.0 Å². The zero-order valence-electron chi connectivity index (χ0n) is 17.3. The van der Waals surface area contributed by atoms with Crippen LogP contribution in [-0.2, 0) is 9.53 Å². The Bertz CT molecular complexity index is 284. The SMILES string of the molecule is CCOC(=O)C(C)N(CCCCCC(C)C)CCCCCC(C)C. The summed E-state index contributed by atoms with van der Waals surface area (Å²) in [4.78, 5) is 14.4. The Balaban J connectivity index is 4.20. The lowest BCUT2D eigenvalue weighted by molar-refractivity contribution is -0.148. The number of esters is 1. The third-order valence-corrected chi connectivity index (χ3v) is 4.63. The van der Waals surface area contributed by atoms with Crippen molar-refractivity contribution in [1.29, 1.82) is 0 Å². The lowest BCUT2D eigenvalue weighted by atomic mass is 10.0. The summed E-state index contributed by atoms with van der Waals surface area (Å²) < 4.78 is 5.22. The predicted molar refractivity (Wildman–Crippen MR) is 104 cm³/mol. The molecule has 0 radical (unpaired) electrons. The van der Waals surface area contributed by atoms with Crippen molar-refractivity contribution in [2.24, 2.45) is 11.8 Å². The summed E-state index contributed by atoms with van der Waals surface area (Å²) in [6.07, 6.45) is 10.1.